The monoisotopic (exact) mass is 426 g/mol. The molecule has 0 radical (unpaired) electrons. The van der Waals surface area contributed by atoms with Gasteiger partial charge in [-0.15, -0.1) is 11.3 Å². The van der Waals surface area contributed by atoms with Crippen LogP contribution in [0, 0.1) is 6.92 Å². The maximum absolute atomic E-state index is 13.4. The lowest BCUT2D eigenvalue weighted by atomic mass is 10.1. The topological polar surface area (TPSA) is 57.7 Å². The Hall–Kier alpha value is -2.64. The highest BCUT2D eigenvalue weighted by Crippen LogP contribution is 2.27. The average molecular weight is 427 g/mol. The minimum Gasteiger partial charge on any atom is -0.336 e. The number of hydrogen-bond acceptors (Lipinski definition) is 4. The number of carbonyl (C=O) groups is 1. The van der Waals surface area contributed by atoms with Crippen molar-refractivity contribution >= 4 is 33.0 Å². The van der Waals surface area contributed by atoms with Crippen molar-refractivity contribution in [3.63, 3.8) is 0 Å². The van der Waals surface area contributed by atoms with Gasteiger partial charge in [0.15, 0.2) is 0 Å². The Morgan fingerprint density at radius 3 is 2.66 bits per heavy atom. The molecule has 3 aromatic rings. The highest BCUT2D eigenvalue weighted by atomic mass is 32.2. The minimum atomic E-state index is -3.87. The van der Waals surface area contributed by atoms with Crippen molar-refractivity contribution in [2.45, 2.75) is 24.8 Å². The Labute approximate surface area is 175 Å². The molecular formula is C22H22N2O3S2. The van der Waals surface area contributed by atoms with Gasteiger partial charge in [-0.1, -0.05) is 30.3 Å². The minimum absolute atomic E-state index is 0.188. The van der Waals surface area contributed by atoms with Crippen molar-refractivity contribution in [3.8, 4) is 0 Å². The fourth-order valence-electron chi connectivity index (χ4n) is 3.50. The van der Waals surface area contributed by atoms with E-state index in [-0.39, 0.29) is 17.3 Å². The van der Waals surface area contributed by atoms with Gasteiger partial charge >= 0.3 is 0 Å². The molecule has 2 heterocycles. The molecule has 1 aliphatic rings. The van der Waals surface area contributed by atoms with Crippen LogP contribution < -0.4 is 4.31 Å². The van der Waals surface area contributed by atoms with E-state index in [1.165, 1.54) is 9.18 Å². The molecule has 2 aromatic carbocycles. The summed E-state index contributed by atoms with van der Waals surface area (Å²) in [4.78, 5) is 16.3. The van der Waals surface area contributed by atoms with Crippen molar-refractivity contribution in [2.24, 2.45) is 0 Å². The van der Waals surface area contributed by atoms with Crippen molar-refractivity contribution < 1.29 is 13.2 Å². The Bertz CT molecular complexity index is 1120. The molecular weight excluding hydrogens is 404 g/mol. The first kappa shape index (κ1) is 19.7. The summed E-state index contributed by atoms with van der Waals surface area (Å²) in [5.74, 6) is -0.193. The quantitative estimate of drug-likeness (QED) is 0.623. The average Bonchev–Trinajstić information content (AvgIpc) is 3.20. The summed E-state index contributed by atoms with van der Waals surface area (Å²) < 4.78 is 28.0. The van der Waals surface area contributed by atoms with Crippen LogP contribution in [0.3, 0.4) is 0 Å². The summed E-state index contributed by atoms with van der Waals surface area (Å²) in [6.07, 6.45) is 0.814. The van der Waals surface area contributed by atoms with E-state index in [4.69, 9.17) is 0 Å². The lowest BCUT2D eigenvalue weighted by Crippen LogP contribution is -2.44. The predicted octanol–water partition coefficient (Wildman–Crippen LogP) is 3.84. The number of aryl methyl sites for hydroxylation is 1. The van der Waals surface area contributed by atoms with Gasteiger partial charge in [0.2, 0.25) is 5.91 Å². The number of carbonyl (C=O) groups excluding carboxylic acids is 1. The first-order valence-corrected chi connectivity index (χ1v) is 11.7. The van der Waals surface area contributed by atoms with Gasteiger partial charge in [0.1, 0.15) is 6.54 Å². The zero-order valence-corrected chi connectivity index (χ0v) is 17.7. The van der Waals surface area contributed by atoms with Crippen LogP contribution in [0.2, 0.25) is 0 Å². The number of amides is 1. The maximum Gasteiger partial charge on any atom is 0.264 e. The molecule has 1 amide bonds. The molecule has 0 fully saturated rings. The highest BCUT2D eigenvalue weighted by Gasteiger charge is 2.30. The maximum atomic E-state index is 13.4. The van der Waals surface area contributed by atoms with Gasteiger partial charge in [-0.05, 0) is 60.2 Å². The molecule has 150 valence electrons. The summed E-state index contributed by atoms with van der Waals surface area (Å²) in [5.41, 5.74) is 2.49. The number of anilines is 1. The third-order valence-corrected chi connectivity index (χ3v) is 7.85. The van der Waals surface area contributed by atoms with Gasteiger partial charge < -0.3 is 4.90 Å². The van der Waals surface area contributed by atoms with Gasteiger partial charge in [0.25, 0.3) is 10.0 Å². The number of para-hydroxylation sites is 1. The second kappa shape index (κ2) is 8.00. The van der Waals surface area contributed by atoms with Crippen LogP contribution in [0.1, 0.15) is 16.0 Å². The Morgan fingerprint density at radius 2 is 1.90 bits per heavy atom. The van der Waals surface area contributed by atoms with Crippen LogP contribution in [0.4, 0.5) is 5.69 Å². The Balaban J connectivity index is 1.64. The van der Waals surface area contributed by atoms with Crippen LogP contribution in [-0.4, -0.2) is 32.3 Å². The van der Waals surface area contributed by atoms with E-state index in [1.807, 2.05) is 30.5 Å². The molecule has 0 aliphatic carbocycles. The van der Waals surface area contributed by atoms with Crippen LogP contribution >= 0.6 is 11.3 Å². The molecule has 0 saturated heterocycles. The van der Waals surface area contributed by atoms with Crippen LogP contribution in [-0.2, 0) is 27.8 Å². The molecule has 29 heavy (non-hydrogen) atoms. The summed E-state index contributed by atoms with van der Waals surface area (Å²) in [6, 6.07) is 17.6. The number of benzene rings is 2. The zero-order valence-electron chi connectivity index (χ0n) is 16.1. The number of nitrogens with zero attached hydrogens (tertiary/aromatic N) is 2. The van der Waals surface area contributed by atoms with Gasteiger partial charge in [0.05, 0.1) is 10.6 Å². The fourth-order valence-corrected chi connectivity index (χ4v) is 5.91. The van der Waals surface area contributed by atoms with Gasteiger partial charge in [-0.25, -0.2) is 8.42 Å². The number of sulfonamides is 1. The van der Waals surface area contributed by atoms with Crippen LogP contribution in [0.15, 0.2) is 70.9 Å². The molecule has 7 heteroatoms. The third-order valence-electron chi connectivity index (χ3n) is 5.06. The summed E-state index contributed by atoms with van der Waals surface area (Å²) in [5, 5.41) is 2.04. The molecule has 0 bridgehead atoms. The second-order valence-electron chi connectivity index (χ2n) is 7.10. The van der Waals surface area contributed by atoms with E-state index in [0.717, 1.165) is 17.5 Å². The number of hydrogen-bond donors (Lipinski definition) is 0. The summed E-state index contributed by atoms with van der Waals surface area (Å²) in [7, 11) is -3.87. The highest BCUT2D eigenvalue weighted by molar-refractivity contribution is 7.92. The van der Waals surface area contributed by atoms with E-state index >= 15 is 0 Å². The normalized spacial score (nSPS) is 13.8. The van der Waals surface area contributed by atoms with E-state index in [1.54, 1.807) is 58.7 Å². The van der Waals surface area contributed by atoms with Gasteiger partial charge in [-0.2, -0.15) is 0 Å². The van der Waals surface area contributed by atoms with Crippen LogP contribution in [0.5, 0.6) is 0 Å². The van der Waals surface area contributed by atoms with E-state index in [0.29, 0.717) is 18.8 Å². The smallest absolute Gasteiger partial charge is 0.264 e. The fraction of sp³-hybridized carbons (Fsp3) is 0.227. The van der Waals surface area contributed by atoms with Crippen molar-refractivity contribution in [3.05, 3.63) is 82.0 Å². The molecule has 5 nitrogen and oxygen atoms in total. The zero-order chi connectivity index (χ0) is 20.4. The second-order valence-corrected chi connectivity index (χ2v) is 9.96. The summed E-state index contributed by atoms with van der Waals surface area (Å²) >= 11 is 1.71. The Morgan fingerprint density at radius 1 is 1.10 bits per heavy atom. The molecule has 0 atom stereocenters. The molecule has 0 saturated carbocycles. The Kier molecular flexibility index (Phi) is 5.43. The molecule has 4 rings (SSSR count). The SMILES string of the molecule is Cc1cccc(S(=O)(=O)N(CC(=O)N2CCc3sccc3C2)c2ccccc2)c1. The lowest BCUT2D eigenvalue weighted by Gasteiger charge is -2.30. The number of fused-ring (bicyclic) bond motifs is 1. The lowest BCUT2D eigenvalue weighted by molar-refractivity contribution is -0.130. The largest absolute Gasteiger partial charge is 0.336 e. The number of rotatable bonds is 5. The van der Waals surface area contributed by atoms with Crippen LogP contribution in [0.25, 0.3) is 0 Å². The van der Waals surface area contributed by atoms with E-state index < -0.39 is 10.0 Å². The molecule has 1 aliphatic heterocycles. The standard InChI is InChI=1S/C22H22N2O3S2/c1-17-6-5-9-20(14-17)29(26,27)24(19-7-3-2-4-8-19)16-22(25)23-12-10-21-18(15-23)11-13-28-21/h2-9,11,13-14H,10,12,15-16H2,1H3. The van der Waals surface area contributed by atoms with Crippen molar-refractivity contribution in [2.75, 3.05) is 17.4 Å². The molecule has 0 N–H and O–H groups in total. The molecule has 0 spiro atoms. The molecule has 0 unspecified atom stereocenters. The van der Waals surface area contributed by atoms with Crippen molar-refractivity contribution in [1.29, 1.82) is 0 Å². The predicted molar refractivity (Wildman–Crippen MR) is 116 cm³/mol. The summed E-state index contributed by atoms with van der Waals surface area (Å²) in [6.45, 7) is 2.77. The van der Waals surface area contributed by atoms with Gasteiger partial charge in [-0.3, -0.25) is 9.10 Å². The first-order valence-electron chi connectivity index (χ1n) is 9.42. The molecule has 1 aromatic heterocycles. The number of thiophene rings is 1. The third kappa shape index (κ3) is 4.06. The van der Waals surface area contributed by atoms with E-state index in [9.17, 15) is 13.2 Å². The van der Waals surface area contributed by atoms with E-state index in [2.05, 4.69) is 0 Å². The van der Waals surface area contributed by atoms with Crippen molar-refractivity contribution in [1.82, 2.24) is 4.90 Å². The van der Waals surface area contributed by atoms with Gasteiger partial charge in [0, 0.05) is 18.0 Å². The first-order chi connectivity index (χ1) is 13.9.